The molecule has 0 aromatic heterocycles. The highest BCUT2D eigenvalue weighted by molar-refractivity contribution is 5.82. The normalized spacial score (nSPS) is 28.1. The van der Waals surface area contributed by atoms with Crippen molar-refractivity contribution in [3.8, 4) is 0 Å². The van der Waals surface area contributed by atoms with Gasteiger partial charge in [0.15, 0.2) is 0 Å². The van der Waals surface area contributed by atoms with E-state index in [4.69, 9.17) is 5.11 Å². The third-order valence-corrected chi connectivity index (χ3v) is 2.75. The molecule has 1 saturated carbocycles. The number of rotatable bonds is 6. The summed E-state index contributed by atoms with van der Waals surface area (Å²) in [6.45, 7) is 1.39. The summed E-state index contributed by atoms with van der Waals surface area (Å²) in [5.41, 5.74) is -1.86. The number of carboxylic acid groups (broad SMARTS) is 1. The Bertz CT molecular complexity index is 395. The summed E-state index contributed by atoms with van der Waals surface area (Å²) in [5, 5.41) is 8.80. The molecule has 110 valence electrons. The van der Waals surface area contributed by atoms with Crippen LogP contribution in [0.15, 0.2) is 12.2 Å². The minimum absolute atomic E-state index is 0.485. The van der Waals surface area contributed by atoms with Crippen molar-refractivity contribution in [1.29, 1.82) is 0 Å². The molecular formula is C10H10F6O3. The second-order valence-electron chi connectivity index (χ2n) is 4.10. The third kappa shape index (κ3) is 2.56. The Balaban J connectivity index is 2.85. The number of carbonyl (C=O) groups is 1. The predicted octanol–water partition coefficient (Wildman–Crippen LogP) is 2.92. The van der Waals surface area contributed by atoms with Gasteiger partial charge in [-0.1, -0.05) is 12.2 Å². The van der Waals surface area contributed by atoms with Crippen molar-refractivity contribution < 1.29 is 41.0 Å². The first-order valence-corrected chi connectivity index (χ1v) is 5.10. The third-order valence-electron chi connectivity index (χ3n) is 2.75. The highest BCUT2D eigenvalue weighted by Gasteiger charge is 2.70. The molecule has 19 heavy (non-hydrogen) atoms. The Labute approximate surface area is 103 Å². The molecule has 0 aromatic rings. The van der Waals surface area contributed by atoms with Crippen molar-refractivity contribution in [3.63, 3.8) is 0 Å². The van der Waals surface area contributed by atoms with E-state index >= 15 is 0 Å². The largest absolute Gasteiger partial charge is 0.481 e. The number of aliphatic carboxylic acids is 1. The van der Waals surface area contributed by atoms with Gasteiger partial charge < -0.3 is 9.84 Å². The van der Waals surface area contributed by atoms with Gasteiger partial charge in [0.05, 0.1) is 6.10 Å². The zero-order valence-electron chi connectivity index (χ0n) is 9.55. The zero-order chi connectivity index (χ0) is 15.1. The molecule has 0 aromatic carbocycles. The minimum atomic E-state index is -5.68. The van der Waals surface area contributed by atoms with Crippen molar-refractivity contribution >= 4 is 5.97 Å². The second kappa shape index (κ2) is 4.69. The molecule has 1 aliphatic carbocycles. The number of hydrogen-bond donors (Lipinski definition) is 1. The van der Waals surface area contributed by atoms with Crippen LogP contribution in [0, 0.1) is 5.41 Å². The average molecular weight is 292 g/mol. The Morgan fingerprint density at radius 3 is 2.32 bits per heavy atom. The summed E-state index contributed by atoms with van der Waals surface area (Å²) in [4.78, 5) is 10.8. The minimum Gasteiger partial charge on any atom is -0.481 e. The quantitative estimate of drug-likeness (QED) is 0.605. The molecule has 0 aliphatic heterocycles. The Morgan fingerprint density at radius 2 is 1.95 bits per heavy atom. The summed E-state index contributed by atoms with van der Waals surface area (Å²) in [7, 11) is 0. The number of allylic oxidation sites excluding steroid dienone is 1. The van der Waals surface area contributed by atoms with Gasteiger partial charge >= 0.3 is 24.4 Å². The maximum absolute atomic E-state index is 12.9. The van der Waals surface area contributed by atoms with Gasteiger partial charge in [-0.2, -0.15) is 17.6 Å². The van der Waals surface area contributed by atoms with Crippen molar-refractivity contribution in [2.24, 2.45) is 5.41 Å². The Kier molecular flexibility index (Phi) is 3.91. The van der Waals surface area contributed by atoms with Crippen LogP contribution in [-0.2, 0) is 9.53 Å². The number of ether oxygens (including phenoxy) is 1. The van der Waals surface area contributed by atoms with Gasteiger partial charge in [0.2, 0.25) is 0 Å². The molecule has 2 atom stereocenters. The van der Waals surface area contributed by atoms with Crippen molar-refractivity contribution in [1.82, 2.24) is 0 Å². The van der Waals surface area contributed by atoms with Crippen LogP contribution in [0.1, 0.15) is 13.3 Å². The molecule has 0 heterocycles. The van der Waals surface area contributed by atoms with Crippen molar-refractivity contribution in [2.75, 3.05) is 0 Å². The lowest BCUT2D eigenvalue weighted by Gasteiger charge is -2.25. The number of halogens is 6. The Morgan fingerprint density at radius 1 is 1.42 bits per heavy atom. The van der Waals surface area contributed by atoms with Crippen molar-refractivity contribution in [3.05, 3.63) is 12.2 Å². The highest BCUT2D eigenvalue weighted by atomic mass is 19.3. The fraction of sp³-hybridized carbons (Fsp3) is 0.700. The van der Waals surface area contributed by atoms with E-state index in [9.17, 15) is 31.1 Å². The van der Waals surface area contributed by atoms with Crippen molar-refractivity contribution in [2.45, 2.75) is 37.9 Å². The van der Waals surface area contributed by atoms with E-state index in [1.165, 1.54) is 13.0 Å². The molecule has 1 rings (SSSR count). The van der Waals surface area contributed by atoms with Gasteiger partial charge in [-0.25, -0.2) is 8.78 Å². The maximum Gasteiger partial charge on any atom is 0.425 e. The summed E-state index contributed by atoms with van der Waals surface area (Å²) in [6.07, 6.45) is -10.1. The molecular weight excluding hydrogens is 282 g/mol. The van der Waals surface area contributed by atoms with E-state index in [0.717, 1.165) is 6.08 Å². The fourth-order valence-electron chi connectivity index (χ4n) is 1.55. The highest BCUT2D eigenvalue weighted by Crippen LogP contribution is 2.54. The predicted molar refractivity (Wildman–Crippen MR) is 50.3 cm³/mol. The van der Waals surface area contributed by atoms with E-state index < -0.39 is 42.4 Å². The zero-order valence-corrected chi connectivity index (χ0v) is 9.55. The van der Waals surface area contributed by atoms with Gasteiger partial charge in [-0.3, -0.25) is 4.79 Å². The number of alkyl halides is 6. The summed E-state index contributed by atoms with van der Waals surface area (Å²) < 4.78 is 78.2. The molecule has 1 fully saturated rings. The first kappa shape index (κ1) is 15.8. The van der Waals surface area contributed by atoms with Crippen LogP contribution in [0.4, 0.5) is 26.3 Å². The molecule has 0 saturated heterocycles. The standard InChI is InChI=1S/C10H10F6O3/c1-2-3-8(7(17)18)4-5(8)19-10(15,16)9(13,14)6(11)12/h2-3,5-6H,4H2,1H3,(H,17,18). The molecule has 0 radical (unpaired) electrons. The van der Waals surface area contributed by atoms with Gasteiger partial charge in [0.25, 0.3) is 0 Å². The molecule has 0 amide bonds. The fourth-order valence-corrected chi connectivity index (χ4v) is 1.55. The lowest BCUT2D eigenvalue weighted by Crippen LogP contribution is -2.49. The van der Waals surface area contributed by atoms with Crippen LogP contribution in [0.25, 0.3) is 0 Å². The van der Waals surface area contributed by atoms with Crippen LogP contribution in [-0.4, -0.2) is 35.6 Å². The first-order chi connectivity index (χ1) is 8.51. The molecule has 0 bridgehead atoms. The lowest BCUT2D eigenvalue weighted by atomic mass is 10.1. The maximum atomic E-state index is 12.9. The summed E-state index contributed by atoms with van der Waals surface area (Å²) >= 11 is 0. The molecule has 1 N–H and O–H groups in total. The van der Waals surface area contributed by atoms with E-state index in [2.05, 4.69) is 4.74 Å². The molecule has 3 nitrogen and oxygen atoms in total. The van der Waals surface area contributed by atoms with E-state index in [1.807, 2.05) is 0 Å². The van der Waals surface area contributed by atoms with Gasteiger partial charge in [-0.15, -0.1) is 0 Å². The van der Waals surface area contributed by atoms with E-state index in [0.29, 0.717) is 0 Å². The summed E-state index contributed by atoms with van der Waals surface area (Å²) in [6, 6.07) is 0. The molecule has 0 spiro atoms. The van der Waals surface area contributed by atoms with E-state index in [1.54, 1.807) is 0 Å². The number of carboxylic acids is 1. The van der Waals surface area contributed by atoms with Crippen LogP contribution in [0.3, 0.4) is 0 Å². The van der Waals surface area contributed by atoms with Gasteiger partial charge in [-0.05, 0) is 13.3 Å². The number of hydrogen-bond acceptors (Lipinski definition) is 2. The SMILES string of the molecule is CC=CC1(C(=O)O)CC1OC(F)(F)C(F)(F)C(F)F. The topological polar surface area (TPSA) is 46.5 Å². The Hall–Kier alpha value is -1.25. The monoisotopic (exact) mass is 292 g/mol. The molecule has 2 unspecified atom stereocenters. The first-order valence-electron chi connectivity index (χ1n) is 5.10. The smallest absolute Gasteiger partial charge is 0.425 e. The van der Waals surface area contributed by atoms with E-state index in [-0.39, 0.29) is 0 Å². The average Bonchev–Trinajstić information content (AvgIpc) is 2.91. The van der Waals surface area contributed by atoms with Crippen LogP contribution >= 0.6 is 0 Å². The molecule has 1 aliphatic rings. The van der Waals surface area contributed by atoms with Gasteiger partial charge in [0, 0.05) is 0 Å². The van der Waals surface area contributed by atoms with Crippen LogP contribution in [0.5, 0.6) is 0 Å². The second-order valence-corrected chi connectivity index (χ2v) is 4.10. The van der Waals surface area contributed by atoms with Crippen LogP contribution in [0.2, 0.25) is 0 Å². The molecule has 9 heteroatoms. The van der Waals surface area contributed by atoms with Gasteiger partial charge in [0.1, 0.15) is 5.41 Å². The van der Waals surface area contributed by atoms with Crippen LogP contribution < -0.4 is 0 Å². The summed E-state index contributed by atoms with van der Waals surface area (Å²) in [5.74, 6) is -7.23. The lowest BCUT2D eigenvalue weighted by molar-refractivity contribution is -0.378.